The van der Waals surface area contributed by atoms with Gasteiger partial charge in [-0.3, -0.25) is 4.79 Å². The molecule has 0 aromatic carbocycles. The predicted octanol–water partition coefficient (Wildman–Crippen LogP) is -0.841. The van der Waals surface area contributed by atoms with Gasteiger partial charge in [0, 0.05) is 13.5 Å². The molecule has 194 valence electrons. The maximum atomic E-state index is 11.9. The highest BCUT2D eigenvalue weighted by Gasteiger charge is 2.51. The molecule has 2 heterocycles. The number of amides is 1. The fourth-order valence-electron chi connectivity index (χ4n) is 4.12. The molecule has 2 aliphatic rings. The van der Waals surface area contributed by atoms with Crippen molar-refractivity contribution in [1.29, 1.82) is 0 Å². The van der Waals surface area contributed by atoms with Crippen LogP contribution in [0.1, 0.15) is 59.3 Å². The first kappa shape index (κ1) is 28.3. The van der Waals surface area contributed by atoms with E-state index in [1.807, 2.05) is 0 Å². The van der Waals surface area contributed by atoms with Crippen molar-refractivity contribution in [3.05, 3.63) is 0 Å². The quantitative estimate of drug-likeness (QED) is 0.194. The van der Waals surface area contributed by atoms with E-state index in [9.17, 15) is 30.3 Å². The SMILES string of the molecule is CCCCCCCCOC1OC(CO)C(O)C(OC2OC(C)C(O)C(O)C2O)C1NC(C)=O. The van der Waals surface area contributed by atoms with Gasteiger partial charge in [-0.1, -0.05) is 39.0 Å². The molecule has 2 fully saturated rings. The maximum absolute atomic E-state index is 11.9. The lowest BCUT2D eigenvalue weighted by Crippen LogP contribution is -2.67. The topological polar surface area (TPSA) is 167 Å². The van der Waals surface area contributed by atoms with Crippen LogP contribution >= 0.6 is 0 Å². The first-order valence-corrected chi connectivity index (χ1v) is 11.9. The van der Waals surface area contributed by atoms with E-state index in [0.29, 0.717) is 6.61 Å². The third-order valence-corrected chi connectivity index (χ3v) is 6.10. The number of unbranched alkanes of at least 4 members (excludes halogenated alkanes) is 5. The molecule has 0 saturated carbocycles. The molecule has 0 radical (unpaired) electrons. The molecule has 11 nitrogen and oxygen atoms in total. The smallest absolute Gasteiger partial charge is 0.217 e. The Morgan fingerprint density at radius 3 is 2.21 bits per heavy atom. The van der Waals surface area contributed by atoms with Crippen molar-refractivity contribution in [3.8, 4) is 0 Å². The van der Waals surface area contributed by atoms with Crippen LogP contribution < -0.4 is 5.32 Å². The van der Waals surface area contributed by atoms with E-state index >= 15 is 0 Å². The largest absolute Gasteiger partial charge is 0.394 e. The number of carbonyl (C=O) groups is 1. The molecule has 0 aliphatic carbocycles. The Kier molecular flexibility index (Phi) is 11.9. The van der Waals surface area contributed by atoms with Crippen molar-refractivity contribution in [2.24, 2.45) is 0 Å². The van der Waals surface area contributed by atoms with Crippen LogP contribution in [0.15, 0.2) is 0 Å². The van der Waals surface area contributed by atoms with Crippen LogP contribution in [0.5, 0.6) is 0 Å². The van der Waals surface area contributed by atoms with Crippen molar-refractivity contribution >= 4 is 5.91 Å². The van der Waals surface area contributed by atoms with Gasteiger partial charge in [0.05, 0.1) is 12.7 Å². The molecule has 10 unspecified atom stereocenters. The average Bonchev–Trinajstić information content (AvgIpc) is 2.78. The van der Waals surface area contributed by atoms with Gasteiger partial charge in [-0.25, -0.2) is 0 Å². The van der Waals surface area contributed by atoms with E-state index in [1.54, 1.807) is 0 Å². The Balaban J connectivity index is 2.09. The average molecular weight is 480 g/mol. The summed E-state index contributed by atoms with van der Waals surface area (Å²) in [6.07, 6.45) is -5.02. The van der Waals surface area contributed by atoms with E-state index in [1.165, 1.54) is 20.3 Å². The van der Waals surface area contributed by atoms with Gasteiger partial charge in [-0.05, 0) is 13.3 Å². The molecular weight excluding hydrogens is 438 g/mol. The van der Waals surface area contributed by atoms with Gasteiger partial charge in [0.25, 0.3) is 0 Å². The number of ether oxygens (including phenoxy) is 4. The minimum Gasteiger partial charge on any atom is -0.394 e. The summed E-state index contributed by atoms with van der Waals surface area (Å²) in [4.78, 5) is 11.9. The van der Waals surface area contributed by atoms with Gasteiger partial charge in [0.1, 0.15) is 42.7 Å². The molecule has 2 rings (SSSR count). The second-order valence-corrected chi connectivity index (χ2v) is 8.86. The highest BCUT2D eigenvalue weighted by Crippen LogP contribution is 2.29. The number of nitrogens with one attached hydrogen (secondary N) is 1. The fraction of sp³-hybridized carbons (Fsp3) is 0.955. The van der Waals surface area contributed by atoms with Crippen LogP contribution in [-0.4, -0.2) is 106 Å². The number of carbonyl (C=O) groups excluding carboxylic acids is 1. The molecule has 6 N–H and O–H groups in total. The zero-order chi connectivity index (χ0) is 24.5. The summed E-state index contributed by atoms with van der Waals surface area (Å²) in [5.41, 5.74) is 0. The summed E-state index contributed by atoms with van der Waals surface area (Å²) in [5, 5.41) is 53.4. The van der Waals surface area contributed by atoms with E-state index in [2.05, 4.69) is 12.2 Å². The summed E-state index contributed by atoms with van der Waals surface area (Å²) in [5.74, 6) is -0.422. The fourth-order valence-corrected chi connectivity index (χ4v) is 4.12. The molecule has 33 heavy (non-hydrogen) atoms. The Morgan fingerprint density at radius 1 is 0.909 bits per heavy atom. The van der Waals surface area contributed by atoms with Crippen molar-refractivity contribution in [2.45, 2.75) is 121 Å². The van der Waals surface area contributed by atoms with E-state index in [-0.39, 0.29) is 0 Å². The van der Waals surface area contributed by atoms with E-state index in [0.717, 1.165) is 32.1 Å². The summed E-state index contributed by atoms with van der Waals surface area (Å²) in [7, 11) is 0. The lowest BCUT2D eigenvalue weighted by atomic mass is 9.95. The van der Waals surface area contributed by atoms with Crippen LogP contribution in [-0.2, 0) is 23.7 Å². The summed E-state index contributed by atoms with van der Waals surface area (Å²) in [6.45, 7) is 4.76. The highest BCUT2D eigenvalue weighted by molar-refractivity contribution is 5.73. The second kappa shape index (κ2) is 13.9. The number of aliphatic hydroxyl groups excluding tert-OH is 5. The minimum absolute atomic E-state index is 0.346. The van der Waals surface area contributed by atoms with Gasteiger partial charge in [0.2, 0.25) is 5.91 Å². The molecule has 2 saturated heterocycles. The number of aliphatic hydroxyl groups is 5. The van der Waals surface area contributed by atoms with Crippen LogP contribution in [0.3, 0.4) is 0 Å². The Hall–Kier alpha value is -0.890. The van der Waals surface area contributed by atoms with Crippen molar-refractivity contribution < 1.29 is 49.3 Å². The first-order valence-electron chi connectivity index (χ1n) is 11.9. The molecule has 11 heteroatoms. The standard InChI is InChI=1S/C22H41NO10/c1-4-5-6-7-8-9-10-30-21-15(23-13(3)25)20(17(27)14(11-24)32-21)33-22-19(29)18(28)16(26)12(2)31-22/h12,14-22,24,26-29H,4-11H2,1-3H3,(H,23,25). The Labute approximate surface area is 195 Å². The zero-order valence-corrected chi connectivity index (χ0v) is 19.7. The summed E-state index contributed by atoms with van der Waals surface area (Å²) in [6, 6.07) is -0.976. The normalized spacial score (nSPS) is 39.4. The minimum atomic E-state index is -1.60. The lowest BCUT2D eigenvalue weighted by Gasteiger charge is -2.47. The molecule has 0 aromatic heterocycles. The lowest BCUT2D eigenvalue weighted by molar-refractivity contribution is -0.341. The second-order valence-electron chi connectivity index (χ2n) is 8.86. The van der Waals surface area contributed by atoms with Gasteiger partial charge in [0.15, 0.2) is 12.6 Å². The van der Waals surface area contributed by atoms with E-state index in [4.69, 9.17) is 18.9 Å². The van der Waals surface area contributed by atoms with Crippen LogP contribution in [0.2, 0.25) is 0 Å². The van der Waals surface area contributed by atoms with Crippen LogP contribution in [0.25, 0.3) is 0 Å². The van der Waals surface area contributed by atoms with Crippen molar-refractivity contribution in [1.82, 2.24) is 5.32 Å². The number of hydrogen-bond donors (Lipinski definition) is 6. The van der Waals surface area contributed by atoms with Crippen LogP contribution in [0, 0.1) is 0 Å². The molecule has 1 amide bonds. The maximum Gasteiger partial charge on any atom is 0.217 e. The molecule has 10 atom stereocenters. The number of hydrogen-bond acceptors (Lipinski definition) is 10. The van der Waals surface area contributed by atoms with Crippen LogP contribution in [0.4, 0.5) is 0 Å². The summed E-state index contributed by atoms with van der Waals surface area (Å²) >= 11 is 0. The first-order chi connectivity index (χ1) is 15.7. The predicted molar refractivity (Wildman–Crippen MR) is 116 cm³/mol. The molecular formula is C22H41NO10. The monoisotopic (exact) mass is 479 g/mol. The van der Waals surface area contributed by atoms with Gasteiger partial charge in [-0.15, -0.1) is 0 Å². The third-order valence-electron chi connectivity index (χ3n) is 6.10. The highest BCUT2D eigenvalue weighted by atomic mass is 16.7. The Morgan fingerprint density at radius 2 is 1.58 bits per heavy atom. The van der Waals surface area contributed by atoms with Gasteiger partial charge in [-0.2, -0.15) is 0 Å². The Bertz CT molecular complexity index is 581. The van der Waals surface area contributed by atoms with Gasteiger partial charge >= 0.3 is 0 Å². The van der Waals surface area contributed by atoms with E-state index < -0.39 is 73.9 Å². The molecule has 0 bridgehead atoms. The molecule has 2 aliphatic heterocycles. The van der Waals surface area contributed by atoms with Gasteiger partial charge < -0.3 is 49.8 Å². The molecule has 0 spiro atoms. The van der Waals surface area contributed by atoms with Crippen molar-refractivity contribution in [3.63, 3.8) is 0 Å². The third kappa shape index (κ3) is 7.81. The molecule has 0 aromatic rings. The van der Waals surface area contributed by atoms with Crippen molar-refractivity contribution in [2.75, 3.05) is 13.2 Å². The summed E-state index contributed by atoms with van der Waals surface area (Å²) < 4.78 is 22.9. The zero-order valence-electron chi connectivity index (χ0n) is 19.7. The number of rotatable bonds is 12.